The zero-order chi connectivity index (χ0) is 15.1. The molecule has 0 saturated heterocycles. The Balaban J connectivity index is 1.81. The third kappa shape index (κ3) is 5.14. The summed E-state index contributed by atoms with van der Waals surface area (Å²) in [7, 11) is 0. The Morgan fingerprint density at radius 3 is 3.00 bits per heavy atom. The summed E-state index contributed by atoms with van der Waals surface area (Å²) in [5.74, 6) is 2.04. The molecule has 0 spiro atoms. The van der Waals surface area contributed by atoms with E-state index < -0.39 is 0 Å². The average molecular weight is 327 g/mol. The smallest absolute Gasteiger partial charge is 0.252 e. The van der Waals surface area contributed by atoms with Crippen LogP contribution in [-0.4, -0.2) is 29.1 Å². The van der Waals surface area contributed by atoms with Gasteiger partial charge in [0.2, 0.25) is 5.89 Å². The lowest BCUT2D eigenvalue weighted by Crippen LogP contribution is -2.17. The number of rotatable bonds is 8. The number of carbonyl (C=O) groups is 1. The molecular weight excluding hydrogens is 310 g/mol. The Labute approximate surface area is 131 Å². The maximum atomic E-state index is 11.5. The summed E-state index contributed by atoms with van der Waals surface area (Å²) in [5.41, 5.74) is 0. The van der Waals surface area contributed by atoms with Gasteiger partial charge in [0.15, 0.2) is 5.13 Å². The highest BCUT2D eigenvalue weighted by Gasteiger charge is 2.09. The second kappa shape index (κ2) is 8.16. The third-order valence-electron chi connectivity index (χ3n) is 2.46. The Kier molecular flexibility index (Phi) is 6.21. The number of aryl methyl sites for hydroxylation is 1. The van der Waals surface area contributed by atoms with Gasteiger partial charge in [0.05, 0.1) is 22.4 Å². The maximum absolute atomic E-state index is 11.5. The van der Waals surface area contributed by atoms with Gasteiger partial charge in [-0.15, -0.1) is 11.8 Å². The molecule has 0 aliphatic carbocycles. The predicted octanol–water partition coefficient (Wildman–Crippen LogP) is 2.96. The van der Waals surface area contributed by atoms with Crippen LogP contribution >= 0.6 is 23.1 Å². The normalized spacial score (nSPS) is 10.8. The summed E-state index contributed by atoms with van der Waals surface area (Å²) < 4.78 is 11.6. The lowest BCUT2D eigenvalue weighted by Gasteiger charge is -2.00. The summed E-state index contributed by atoms with van der Waals surface area (Å²) in [5, 5.41) is 3.27. The first-order valence-corrected chi connectivity index (χ1v) is 8.41. The maximum Gasteiger partial charge on any atom is 0.252 e. The van der Waals surface area contributed by atoms with E-state index in [1.807, 2.05) is 13.8 Å². The molecule has 6 nitrogen and oxygen atoms in total. The van der Waals surface area contributed by atoms with Gasteiger partial charge in [-0.05, 0) is 6.92 Å². The number of aromatic nitrogens is 2. The second-order valence-corrected chi connectivity index (χ2v) is 6.34. The molecule has 0 atom stereocenters. The molecule has 8 heteroatoms. The average Bonchev–Trinajstić information content (AvgIpc) is 3.11. The van der Waals surface area contributed by atoms with Gasteiger partial charge in [0, 0.05) is 13.0 Å². The van der Waals surface area contributed by atoms with E-state index in [1.54, 1.807) is 24.2 Å². The minimum Gasteiger partial charge on any atom is -0.445 e. The van der Waals surface area contributed by atoms with E-state index in [4.69, 9.17) is 9.15 Å². The van der Waals surface area contributed by atoms with Crippen LogP contribution in [0.3, 0.4) is 0 Å². The summed E-state index contributed by atoms with van der Waals surface area (Å²) in [6, 6.07) is 0. The molecule has 0 aliphatic heterocycles. The van der Waals surface area contributed by atoms with Crippen molar-refractivity contribution >= 4 is 34.1 Å². The fourth-order valence-electron chi connectivity index (χ4n) is 1.45. The minimum atomic E-state index is -0.192. The van der Waals surface area contributed by atoms with Crippen LogP contribution in [-0.2, 0) is 21.7 Å². The molecular formula is C13H17N3O3S2. The van der Waals surface area contributed by atoms with Crippen LogP contribution in [0.25, 0.3) is 0 Å². The summed E-state index contributed by atoms with van der Waals surface area (Å²) in [4.78, 5) is 19.9. The monoisotopic (exact) mass is 327 g/mol. The molecule has 2 rings (SSSR count). The Morgan fingerprint density at radius 2 is 2.29 bits per heavy atom. The molecule has 2 aromatic heterocycles. The van der Waals surface area contributed by atoms with Crippen LogP contribution in [0.15, 0.2) is 21.0 Å². The Hall–Kier alpha value is -1.38. The largest absolute Gasteiger partial charge is 0.445 e. The Bertz CT molecular complexity index is 583. The molecule has 21 heavy (non-hydrogen) atoms. The van der Waals surface area contributed by atoms with Gasteiger partial charge in [-0.3, -0.25) is 10.1 Å². The quantitative estimate of drug-likeness (QED) is 0.751. The van der Waals surface area contributed by atoms with Crippen molar-refractivity contribution in [1.82, 2.24) is 9.97 Å². The van der Waals surface area contributed by atoms with Gasteiger partial charge in [-0.1, -0.05) is 18.3 Å². The van der Waals surface area contributed by atoms with Crippen LogP contribution in [0.4, 0.5) is 5.13 Å². The number of amides is 1. The van der Waals surface area contributed by atoms with Crippen LogP contribution in [0.1, 0.15) is 25.5 Å². The van der Waals surface area contributed by atoms with Crippen molar-refractivity contribution in [2.75, 3.05) is 18.5 Å². The van der Waals surface area contributed by atoms with E-state index >= 15 is 0 Å². The summed E-state index contributed by atoms with van der Waals surface area (Å²) in [6.07, 6.45) is 4.32. The number of thioether (sulfide) groups is 1. The fraction of sp³-hybridized carbons (Fsp3) is 0.462. The molecule has 1 N–H and O–H groups in total. The summed E-state index contributed by atoms with van der Waals surface area (Å²) in [6.45, 7) is 4.44. The number of hydrogen-bond donors (Lipinski definition) is 1. The van der Waals surface area contributed by atoms with Crippen LogP contribution < -0.4 is 5.32 Å². The van der Waals surface area contributed by atoms with Crippen molar-refractivity contribution in [3.63, 3.8) is 0 Å². The summed E-state index contributed by atoms with van der Waals surface area (Å²) >= 11 is 3.00. The molecule has 114 valence electrons. The van der Waals surface area contributed by atoms with Gasteiger partial charge < -0.3 is 9.15 Å². The zero-order valence-corrected chi connectivity index (χ0v) is 13.6. The van der Waals surface area contributed by atoms with E-state index in [0.29, 0.717) is 23.4 Å². The number of anilines is 1. The van der Waals surface area contributed by atoms with Crippen molar-refractivity contribution < 1.29 is 13.9 Å². The lowest BCUT2D eigenvalue weighted by atomic mass is 10.4. The number of nitrogens with zero attached hydrogens (tertiary/aromatic N) is 2. The molecule has 0 aliphatic rings. The highest BCUT2D eigenvalue weighted by molar-refractivity contribution is 8.00. The number of thiazole rings is 1. The standard InChI is InChI=1S/C13H17N3O3S2/c1-3-9-5-14-11(19-9)8-20-12-6-15-13(21-12)16-10(17)7-18-4-2/h5-6H,3-4,7-8H2,1-2H3,(H,15,16,17). The van der Waals surface area contributed by atoms with Crippen molar-refractivity contribution in [2.24, 2.45) is 0 Å². The lowest BCUT2D eigenvalue weighted by molar-refractivity contribution is -0.120. The SMILES string of the molecule is CCOCC(=O)Nc1ncc(SCc2ncc(CC)o2)s1. The van der Waals surface area contributed by atoms with E-state index in [0.717, 1.165) is 16.4 Å². The number of hydrogen-bond acceptors (Lipinski definition) is 7. The number of ether oxygens (including phenoxy) is 1. The van der Waals surface area contributed by atoms with Crippen LogP contribution in [0.5, 0.6) is 0 Å². The van der Waals surface area contributed by atoms with Crippen LogP contribution in [0, 0.1) is 0 Å². The van der Waals surface area contributed by atoms with E-state index in [1.165, 1.54) is 11.3 Å². The van der Waals surface area contributed by atoms with E-state index in [-0.39, 0.29) is 12.5 Å². The molecule has 0 aromatic carbocycles. The first kappa shape index (κ1) is 16.0. The Morgan fingerprint density at radius 1 is 1.43 bits per heavy atom. The van der Waals surface area contributed by atoms with Gasteiger partial charge in [0.1, 0.15) is 12.4 Å². The molecule has 0 unspecified atom stereocenters. The fourth-order valence-corrected chi connectivity index (χ4v) is 3.19. The predicted molar refractivity (Wildman–Crippen MR) is 82.7 cm³/mol. The van der Waals surface area contributed by atoms with Crippen molar-refractivity contribution in [2.45, 2.75) is 30.2 Å². The molecule has 2 aromatic rings. The minimum absolute atomic E-state index is 0.0503. The molecule has 0 radical (unpaired) electrons. The molecule has 0 fully saturated rings. The molecule has 2 heterocycles. The second-order valence-electron chi connectivity index (χ2n) is 4.03. The van der Waals surface area contributed by atoms with Gasteiger partial charge >= 0.3 is 0 Å². The third-order valence-corrected chi connectivity index (χ3v) is 4.55. The van der Waals surface area contributed by atoms with Crippen molar-refractivity contribution in [3.8, 4) is 0 Å². The zero-order valence-electron chi connectivity index (χ0n) is 11.9. The van der Waals surface area contributed by atoms with Crippen molar-refractivity contribution in [3.05, 3.63) is 24.0 Å². The topological polar surface area (TPSA) is 77.2 Å². The van der Waals surface area contributed by atoms with E-state index in [2.05, 4.69) is 15.3 Å². The number of nitrogens with one attached hydrogen (secondary N) is 1. The first-order valence-electron chi connectivity index (χ1n) is 6.61. The first-order chi connectivity index (χ1) is 10.2. The van der Waals surface area contributed by atoms with E-state index in [9.17, 15) is 4.79 Å². The highest BCUT2D eigenvalue weighted by atomic mass is 32.2. The van der Waals surface area contributed by atoms with Crippen molar-refractivity contribution in [1.29, 1.82) is 0 Å². The molecule has 1 amide bonds. The van der Waals surface area contributed by atoms with Gasteiger partial charge in [-0.2, -0.15) is 0 Å². The number of oxazole rings is 1. The van der Waals surface area contributed by atoms with Gasteiger partial charge in [0.25, 0.3) is 5.91 Å². The molecule has 0 saturated carbocycles. The molecule has 0 bridgehead atoms. The number of carbonyl (C=O) groups excluding carboxylic acids is 1. The van der Waals surface area contributed by atoms with Gasteiger partial charge in [-0.25, -0.2) is 9.97 Å². The highest BCUT2D eigenvalue weighted by Crippen LogP contribution is 2.30. The van der Waals surface area contributed by atoms with Crippen LogP contribution in [0.2, 0.25) is 0 Å².